The molecule has 0 aliphatic carbocycles. The average molecular weight is 355 g/mol. The van der Waals surface area contributed by atoms with Gasteiger partial charge < -0.3 is 10.1 Å². The van der Waals surface area contributed by atoms with Gasteiger partial charge in [-0.3, -0.25) is 4.79 Å². The SMILES string of the molecule is CCCOc1ccc(/C=C(\C#N)C(=O)Nc2ccc(C)cc2)cc1Cl. The van der Waals surface area contributed by atoms with Gasteiger partial charge in [0.05, 0.1) is 11.6 Å². The highest BCUT2D eigenvalue weighted by atomic mass is 35.5. The Hall–Kier alpha value is -2.77. The Kier molecular flexibility index (Phi) is 6.62. The summed E-state index contributed by atoms with van der Waals surface area (Å²) in [5.41, 5.74) is 2.38. The summed E-state index contributed by atoms with van der Waals surface area (Å²) in [7, 11) is 0. The van der Waals surface area contributed by atoms with Gasteiger partial charge in [-0.1, -0.05) is 42.3 Å². The van der Waals surface area contributed by atoms with Crippen LogP contribution in [0, 0.1) is 18.3 Å². The quantitative estimate of drug-likeness (QED) is 0.587. The number of carbonyl (C=O) groups is 1. The molecule has 0 saturated carbocycles. The number of nitriles is 1. The molecule has 1 amide bonds. The van der Waals surface area contributed by atoms with Crippen LogP contribution in [0.1, 0.15) is 24.5 Å². The van der Waals surface area contributed by atoms with Crippen molar-refractivity contribution in [1.82, 2.24) is 0 Å². The van der Waals surface area contributed by atoms with Crippen molar-refractivity contribution in [3.05, 3.63) is 64.2 Å². The Morgan fingerprint density at radius 2 is 2.00 bits per heavy atom. The molecule has 2 aromatic rings. The number of nitrogens with zero attached hydrogens (tertiary/aromatic N) is 1. The van der Waals surface area contributed by atoms with E-state index in [4.69, 9.17) is 16.3 Å². The molecule has 0 radical (unpaired) electrons. The highest BCUT2D eigenvalue weighted by Crippen LogP contribution is 2.26. The van der Waals surface area contributed by atoms with Crippen molar-refractivity contribution in [2.45, 2.75) is 20.3 Å². The Balaban J connectivity index is 2.16. The molecular weight excluding hydrogens is 336 g/mol. The predicted octanol–water partition coefficient (Wildman–Crippen LogP) is 4.98. The molecule has 0 fully saturated rings. The molecule has 2 rings (SSSR count). The van der Waals surface area contributed by atoms with Crippen molar-refractivity contribution in [3.8, 4) is 11.8 Å². The standard InChI is InChI=1S/C20H19ClN2O2/c1-3-10-25-19-9-6-15(12-18(19)21)11-16(13-22)20(24)23-17-7-4-14(2)5-8-17/h4-9,11-12H,3,10H2,1-2H3,(H,23,24)/b16-11+. The van der Waals surface area contributed by atoms with Crippen LogP contribution >= 0.6 is 11.6 Å². The normalized spacial score (nSPS) is 10.9. The number of nitrogens with one attached hydrogen (secondary N) is 1. The zero-order chi connectivity index (χ0) is 18.2. The average Bonchev–Trinajstić information content (AvgIpc) is 2.60. The molecule has 25 heavy (non-hydrogen) atoms. The van der Waals surface area contributed by atoms with Gasteiger partial charge in [0.2, 0.25) is 0 Å². The third kappa shape index (κ3) is 5.37. The fraction of sp³-hybridized carbons (Fsp3) is 0.200. The molecule has 0 bridgehead atoms. The van der Waals surface area contributed by atoms with E-state index in [0.29, 0.717) is 28.6 Å². The summed E-state index contributed by atoms with van der Waals surface area (Å²) in [4.78, 5) is 12.3. The van der Waals surface area contributed by atoms with Gasteiger partial charge in [-0.05, 0) is 49.2 Å². The molecule has 0 aromatic heterocycles. The minimum atomic E-state index is -0.464. The maximum Gasteiger partial charge on any atom is 0.266 e. The van der Waals surface area contributed by atoms with Gasteiger partial charge in [0.15, 0.2) is 0 Å². The summed E-state index contributed by atoms with van der Waals surface area (Å²) in [5.74, 6) is 0.122. The Bertz CT molecular complexity index is 821. The first kappa shape index (κ1) is 18.6. The number of hydrogen-bond donors (Lipinski definition) is 1. The number of hydrogen-bond acceptors (Lipinski definition) is 3. The first-order valence-corrected chi connectivity index (χ1v) is 8.33. The summed E-state index contributed by atoms with van der Waals surface area (Å²) in [5, 5.41) is 12.4. The molecule has 0 unspecified atom stereocenters. The maximum atomic E-state index is 12.3. The number of anilines is 1. The van der Waals surface area contributed by atoms with Crippen molar-refractivity contribution in [2.24, 2.45) is 0 Å². The zero-order valence-electron chi connectivity index (χ0n) is 14.2. The van der Waals surface area contributed by atoms with Crippen LogP contribution in [0.3, 0.4) is 0 Å². The lowest BCUT2D eigenvalue weighted by atomic mass is 10.1. The third-order valence-corrected chi connectivity index (χ3v) is 3.70. The van der Waals surface area contributed by atoms with Crippen molar-refractivity contribution in [1.29, 1.82) is 5.26 Å². The van der Waals surface area contributed by atoms with E-state index >= 15 is 0 Å². The molecule has 5 heteroatoms. The molecule has 1 N–H and O–H groups in total. The van der Waals surface area contributed by atoms with E-state index in [2.05, 4.69) is 5.32 Å². The van der Waals surface area contributed by atoms with Gasteiger partial charge in [-0.2, -0.15) is 5.26 Å². The van der Waals surface area contributed by atoms with Gasteiger partial charge >= 0.3 is 0 Å². The largest absolute Gasteiger partial charge is 0.492 e. The molecular formula is C20H19ClN2O2. The van der Waals surface area contributed by atoms with Crippen molar-refractivity contribution in [2.75, 3.05) is 11.9 Å². The number of carbonyl (C=O) groups excluding carboxylic acids is 1. The van der Waals surface area contributed by atoms with Crippen molar-refractivity contribution >= 4 is 29.3 Å². The Morgan fingerprint density at radius 3 is 2.60 bits per heavy atom. The van der Waals surface area contributed by atoms with Crippen LogP contribution in [0.5, 0.6) is 5.75 Å². The van der Waals surface area contributed by atoms with Crippen LogP contribution in [-0.4, -0.2) is 12.5 Å². The predicted molar refractivity (Wildman–Crippen MR) is 101 cm³/mol. The number of rotatable bonds is 6. The van der Waals surface area contributed by atoms with E-state index < -0.39 is 5.91 Å². The number of benzene rings is 2. The van der Waals surface area contributed by atoms with Crippen molar-refractivity contribution in [3.63, 3.8) is 0 Å². The fourth-order valence-electron chi connectivity index (χ4n) is 2.09. The second-order valence-electron chi connectivity index (χ2n) is 5.53. The highest BCUT2D eigenvalue weighted by molar-refractivity contribution is 6.32. The van der Waals surface area contributed by atoms with E-state index in [9.17, 15) is 10.1 Å². The number of amides is 1. The van der Waals surface area contributed by atoms with Crippen LogP contribution in [0.25, 0.3) is 6.08 Å². The molecule has 0 atom stereocenters. The van der Waals surface area contributed by atoms with E-state index in [-0.39, 0.29) is 5.57 Å². The second-order valence-corrected chi connectivity index (χ2v) is 5.94. The van der Waals surface area contributed by atoms with Crippen LogP contribution in [-0.2, 0) is 4.79 Å². The van der Waals surface area contributed by atoms with Crippen LogP contribution in [0.15, 0.2) is 48.0 Å². The van der Waals surface area contributed by atoms with E-state index in [0.717, 1.165) is 12.0 Å². The van der Waals surface area contributed by atoms with Gasteiger partial charge in [0.1, 0.15) is 17.4 Å². The smallest absolute Gasteiger partial charge is 0.266 e. The highest BCUT2D eigenvalue weighted by Gasteiger charge is 2.10. The first-order valence-electron chi connectivity index (χ1n) is 7.95. The molecule has 0 spiro atoms. The van der Waals surface area contributed by atoms with Crippen LogP contribution in [0.2, 0.25) is 5.02 Å². The topological polar surface area (TPSA) is 62.1 Å². The molecule has 2 aromatic carbocycles. The van der Waals surface area contributed by atoms with Gasteiger partial charge in [-0.15, -0.1) is 0 Å². The number of ether oxygens (including phenoxy) is 1. The second kappa shape index (κ2) is 8.91. The Morgan fingerprint density at radius 1 is 1.28 bits per heavy atom. The molecule has 128 valence electrons. The lowest BCUT2D eigenvalue weighted by molar-refractivity contribution is -0.112. The van der Waals surface area contributed by atoms with Gasteiger partial charge in [0.25, 0.3) is 5.91 Å². The third-order valence-electron chi connectivity index (χ3n) is 3.40. The van der Waals surface area contributed by atoms with Crippen molar-refractivity contribution < 1.29 is 9.53 Å². The summed E-state index contributed by atoms with van der Waals surface area (Å²) in [6.45, 7) is 4.55. The summed E-state index contributed by atoms with van der Waals surface area (Å²) in [6.07, 6.45) is 2.38. The van der Waals surface area contributed by atoms with E-state index in [1.54, 1.807) is 30.3 Å². The molecule has 4 nitrogen and oxygen atoms in total. The molecule has 0 aliphatic rings. The van der Waals surface area contributed by atoms with Crippen LogP contribution in [0.4, 0.5) is 5.69 Å². The monoisotopic (exact) mass is 354 g/mol. The van der Waals surface area contributed by atoms with E-state index in [1.165, 1.54) is 6.08 Å². The Labute approximate surface area is 152 Å². The minimum Gasteiger partial charge on any atom is -0.492 e. The summed E-state index contributed by atoms with van der Waals surface area (Å²) < 4.78 is 5.51. The summed E-state index contributed by atoms with van der Waals surface area (Å²) >= 11 is 6.18. The first-order chi connectivity index (χ1) is 12.0. The maximum absolute atomic E-state index is 12.3. The van der Waals surface area contributed by atoms with Gasteiger partial charge in [-0.25, -0.2) is 0 Å². The van der Waals surface area contributed by atoms with Gasteiger partial charge in [0, 0.05) is 5.69 Å². The summed E-state index contributed by atoms with van der Waals surface area (Å²) in [6, 6.07) is 14.4. The molecule has 0 saturated heterocycles. The van der Waals surface area contributed by atoms with Crippen LogP contribution < -0.4 is 10.1 Å². The lowest BCUT2D eigenvalue weighted by Crippen LogP contribution is -2.13. The zero-order valence-corrected chi connectivity index (χ0v) is 14.9. The van der Waals surface area contributed by atoms with E-state index in [1.807, 2.05) is 32.0 Å². The molecule has 0 aliphatic heterocycles. The fourth-order valence-corrected chi connectivity index (χ4v) is 2.33. The number of halogens is 1. The molecule has 0 heterocycles. The number of aryl methyl sites for hydroxylation is 1. The lowest BCUT2D eigenvalue weighted by Gasteiger charge is -2.08. The minimum absolute atomic E-state index is 0.00105.